The third-order valence-electron chi connectivity index (χ3n) is 3.92. The molecule has 0 saturated carbocycles. The van der Waals surface area contributed by atoms with Crippen LogP contribution in [0.1, 0.15) is 0 Å². The molecule has 2 atom stereocenters. The van der Waals surface area contributed by atoms with Crippen molar-refractivity contribution in [3.63, 3.8) is 0 Å². The molecule has 114 valence electrons. The van der Waals surface area contributed by atoms with Crippen molar-refractivity contribution in [3.05, 3.63) is 35.8 Å². The van der Waals surface area contributed by atoms with Gasteiger partial charge in [-0.15, -0.1) is 11.3 Å². The summed E-state index contributed by atoms with van der Waals surface area (Å²) in [5, 5.41) is 18.9. The molecule has 0 amide bonds. The molecule has 0 aliphatic carbocycles. The van der Waals surface area contributed by atoms with E-state index in [1.54, 1.807) is 17.5 Å². The number of aromatic nitrogens is 3. The van der Waals surface area contributed by atoms with E-state index in [1.165, 1.54) is 0 Å². The fourth-order valence-corrected chi connectivity index (χ4v) is 3.48. The van der Waals surface area contributed by atoms with Gasteiger partial charge in [0.25, 0.3) is 0 Å². The van der Waals surface area contributed by atoms with Gasteiger partial charge >= 0.3 is 0 Å². The van der Waals surface area contributed by atoms with Crippen molar-refractivity contribution in [2.75, 3.05) is 18.4 Å². The lowest BCUT2D eigenvalue weighted by atomic mass is 10.1. The Morgan fingerprint density at radius 1 is 1.26 bits per heavy atom. The van der Waals surface area contributed by atoms with E-state index in [9.17, 15) is 5.26 Å². The van der Waals surface area contributed by atoms with Crippen LogP contribution in [0.3, 0.4) is 0 Å². The minimum absolute atomic E-state index is 0.0505. The summed E-state index contributed by atoms with van der Waals surface area (Å²) >= 11 is 1.58. The van der Waals surface area contributed by atoms with E-state index >= 15 is 0 Å². The SMILES string of the molecule is N#CC1CNCC1Nc1nc(-c2ccccn2)nc2sccc12. The Bertz CT molecular complexity index is 869. The lowest BCUT2D eigenvalue weighted by molar-refractivity contribution is 0.671. The first-order valence-corrected chi connectivity index (χ1v) is 8.26. The number of fused-ring (bicyclic) bond motifs is 1. The van der Waals surface area contributed by atoms with Gasteiger partial charge in [-0.1, -0.05) is 6.07 Å². The Morgan fingerprint density at radius 3 is 3.04 bits per heavy atom. The average molecular weight is 322 g/mol. The predicted molar refractivity (Wildman–Crippen MR) is 90.0 cm³/mol. The topological polar surface area (TPSA) is 86.5 Å². The summed E-state index contributed by atoms with van der Waals surface area (Å²) in [5.41, 5.74) is 0.743. The van der Waals surface area contributed by atoms with Crippen LogP contribution >= 0.6 is 11.3 Å². The second kappa shape index (κ2) is 5.91. The maximum atomic E-state index is 9.25. The molecule has 1 fully saturated rings. The zero-order valence-electron chi connectivity index (χ0n) is 12.2. The first-order valence-electron chi connectivity index (χ1n) is 7.38. The lowest BCUT2D eigenvalue weighted by Gasteiger charge is -2.16. The molecular formula is C16H14N6S. The molecule has 6 nitrogen and oxygen atoms in total. The fourth-order valence-electron chi connectivity index (χ4n) is 2.72. The van der Waals surface area contributed by atoms with Crippen LogP contribution in [-0.4, -0.2) is 34.1 Å². The maximum Gasteiger partial charge on any atom is 0.181 e. The smallest absolute Gasteiger partial charge is 0.181 e. The van der Waals surface area contributed by atoms with E-state index < -0.39 is 0 Å². The van der Waals surface area contributed by atoms with Crippen molar-refractivity contribution in [3.8, 4) is 17.6 Å². The molecule has 1 aliphatic rings. The Kier molecular flexibility index (Phi) is 3.61. The summed E-state index contributed by atoms with van der Waals surface area (Å²) in [4.78, 5) is 14.5. The third kappa shape index (κ3) is 2.63. The number of nitrogens with one attached hydrogen (secondary N) is 2. The molecule has 0 aromatic carbocycles. The third-order valence-corrected chi connectivity index (χ3v) is 4.73. The molecule has 3 aromatic rings. The Balaban J connectivity index is 1.76. The highest BCUT2D eigenvalue weighted by atomic mass is 32.1. The molecule has 4 heterocycles. The van der Waals surface area contributed by atoms with E-state index in [4.69, 9.17) is 0 Å². The van der Waals surface area contributed by atoms with Gasteiger partial charge in [0.1, 0.15) is 16.3 Å². The van der Waals surface area contributed by atoms with Crippen LogP contribution in [0.15, 0.2) is 35.8 Å². The minimum atomic E-state index is -0.0584. The number of hydrogen-bond acceptors (Lipinski definition) is 7. The summed E-state index contributed by atoms with van der Waals surface area (Å²) in [6.07, 6.45) is 1.73. The highest BCUT2D eigenvalue weighted by molar-refractivity contribution is 7.16. The van der Waals surface area contributed by atoms with E-state index in [-0.39, 0.29) is 12.0 Å². The number of pyridine rings is 1. The van der Waals surface area contributed by atoms with Crippen molar-refractivity contribution < 1.29 is 0 Å². The van der Waals surface area contributed by atoms with Crippen LogP contribution in [0.2, 0.25) is 0 Å². The summed E-state index contributed by atoms with van der Waals surface area (Å²) < 4.78 is 0. The molecular weight excluding hydrogens is 308 g/mol. The van der Waals surface area contributed by atoms with Gasteiger partial charge in [0.15, 0.2) is 5.82 Å². The molecule has 7 heteroatoms. The van der Waals surface area contributed by atoms with Crippen molar-refractivity contribution in [2.24, 2.45) is 5.92 Å². The van der Waals surface area contributed by atoms with E-state index in [2.05, 4.69) is 31.7 Å². The van der Waals surface area contributed by atoms with Crippen LogP contribution < -0.4 is 10.6 Å². The summed E-state index contributed by atoms with van der Waals surface area (Å²) in [5.74, 6) is 1.31. The number of nitriles is 1. The number of thiophene rings is 1. The Labute approximate surface area is 137 Å². The first kappa shape index (κ1) is 14.1. The van der Waals surface area contributed by atoms with Crippen molar-refractivity contribution in [2.45, 2.75) is 6.04 Å². The summed E-state index contributed by atoms with van der Waals surface area (Å²) in [7, 11) is 0. The quantitative estimate of drug-likeness (QED) is 0.769. The predicted octanol–water partition coefficient (Wildman–Crippen LogP) is 2.28. The summed E-state index contributed by atoms with van der Waals surface area (Å²) in [6.45, 7) is 1.46. The monoisotopic (exact) mass is 322 g/mol. The average Bonchev–Trinajstić information content (AvgIpc) is 3.24. The van der Waals surface area contributed by atoms with Crippen LogP contribution in [-0.2, 0) is 0 Å². The van der Waals surface area contributed by atoms with Crippen molar-refractivity contribution in [1.29, 1.82) is 5.26 Å². The molecule has 1 saturated heterocycles. The van der Waals surface area contributed by atoms with Gasteiger partial charge in [-0.05, 0) is 23.6 Å². The summed E-state index contributed by atoms with van der Waals surface area (Å²) in [6, 6.07) is 10.1. The van der Waals surface area contributed by atoms with Gasteiger partial charge in [-0.3, -0.25) is 4.98 Å². The van der Waals surface area contributed by atoms with E-state index in [0.717, 1.165) is 28.3 Å². The largest absolute Gasteiger partial charge is 0.364 e. The molecule has 23 heavy (non-hydrogen) atoms. The van der Waals surface area contributed by atoms with Crippen LogP contribution in [0.4, 0.5) is 5.82 Å². The van der Waals surface area contributed by atoms with E-state index in [0.29, 0.717) is 12.4 Å². The van der Waals surface area contributed by atoms with Gasteiger partial charge in [0, 0.05) is 19.3 Å². The van der Waals surface area contributed by atoms with Gasteiger partial charge in [0.05, 0.1) is 23.4 Å². The van der Waals surface area contributed by atoms with Crippen LogP contribution in [0.25, 0.3) is 21.7 Å². The molecule has 1 aliphatic heterocycles. The number of rotatable bonds is 3. The minimum Gasteiger partial charge on any atom is -0.364 e. The Morgan fingerprint density at radius 2 is 2.22 bits per heavy atom. The molecule has 3 aromatic heterocycles. The van der Waals surface area contributed by atoms with Gasteiger partial charge < -0.3 is 10.6 Å². The standard InChI is InChI=1S/C16H14N6S/c17-7-10-8-18-9-13(10)20-14-11-4-6-23-16(11)22-15(21-14)12-3-1-2-5-19-12/h1-6,10,13,18H,8-9H2,(H,20,21,22). The zero-order chi connectivity index (χ0) is 15.6. The zero-order valence-corrected chi connectivity index (χ0v) is 13.0. The molecule has 4 rings (SSSR count). The highest BCUT2D eigenvalue weighted by Crippen LogP contribution is 2.29. The van der Waals surface area contributed by atoms with Crippen molar-refractivity contribution in [1.82, 2.24) is 20.3 Å². The van der Waals surface area contributed by atoms with Crippen LogP contribution in [0, 0.1) is 17.2 Å². The normalized spacial score (nSPS) is 20.5. The van der Waals surface area contributed by atoms with Crippen molar-refractivity contribution >= 4 is 27.4 Å². The second-order valence-corrected chi connectivity index (χ2v) is 6.29. The molecule has 2 unspecified atom stereocenters. The van der Waals surface area contributed by atoms with Gasteiger partial charge in [-0.25, -0.2) is 9.97 Å². The number of anilines is 1. The number of nitrogens with zero attached hydrogens (tertiary/aromatic N) is 4. The Hall–Kier alpha value is -2.56. The second-order valence-electron chi connectivity index (χ2n) is 5.39. The molecule has 0 spiro atoms. The fraction of sp³-hybridized carbons (Fsp3) is 0.250. The lowest BCUT2D eigenvalue weighted by Crippen LogP contribution is -2.28. The highest BCUT2D eigenvalue weighted by Gasteiger charge is 2.27. The first-order chi connectivity index (χ1) is 11.3. The number of hydrogen-bond donors (Lipinski definition) is 2. The van der Waals surface area contributed by atoms with Gasteiger partial charge in [0.2, 0.25) is 0 Å². The molecule has 0 radical (unpaired) electrons. The van der Waals surface area contributed by atoms with Crippen LogP contribution in [0.5, 0.6) is 0 Å². The molecule has 0 bridgehead atoms. The maximum absolute atomic E-state index is 9.25. The molecule has 2 N–H and O–H groups in total. The van der Waals surface area contributed by atoms with Gasteiger partial charge in [-0.2, -0.15) is 5.26 Å². The van der Waals surface area contributed by atoms with E-state index in [1.807, 2.05) is 29.6 Å².